The van der Waals surface area contributed by atoms with E-state index in [4.69, 9.17) is 22.4 Å². The molecule has 1 unspecified atom stereocenters. The van der Waals surface area contributed by atoms with Crippen LogP contribution in [-0.2, 0) is 21.2 Å². The van der Waals surface area contributed by atoms with Crippen LogP contribution in [0.15, 0.2) is 24.3 Å². The van der Waals surface area contributed by atoms with Crippen LogP contribution in [0.2, 0.25) is 0 Å². The number of aliphatic carboxylic acids is 1. The molecule has 24 heavy (non-hydrogen) atoms. The Morgan fingerprint density at radius 1 is 1.12 bits per heavy atom. The first-order chi connectivity index (χ1) is 11.3. The smallest absolute Gasteiger partial charge is 0.320 e. The van der Waals surface area contributed by atoms with Crippen LogP contribution in [0.5, 0.6) is 0 Å². The normalized spacial score (nSPS) is 12.8. The van der Waals surface area contributed by atoms with Gasteiger partial charge in [-0.3, -0.25) is 9.52 Å². The number of sulfonamides is 1. The van der Waals surface area contributed by atoms with E-state index in [-0.39, 0.29) is 12.2 Å². The molecule has 1 aromatic rings. The van der Waals surface area contributed by atoms with Crippen molar-refractivity contribution in [1.82, 2.24) is 0 Å². The number of carbonyl (C=O) groups is 1. The summed E-state index contributed by atoms with van der Waals surface area (Å²) in [6.45, 7) is 0. The van der Waals surface area contributed by atoms with Gasteiger partial charge in [0.1, 0.15) is 6.04 Å². The molecule has 1 atom stereocenters. The van der Waals surface area contributed by atoms with Gasteiger partial charge in [-0.25, -0.2) is 8.42 Å². The van der Waals surface area contributed by atoms with Crippen molar-refractivity contribution in [3.8, 4) is 0 Å². The first-order valence-electron chi connectivity index (χ1n) is 7.98. The summed E-state index contributed by atoms with van der Waals surface area (Å²) < 4.78 is 26.5. The molecule has 0 aromatic heterocycles. The minimum Gasteiger partial charge on any atom is -0.480 e. The van der Waals surface area contributed by atoms with E-state index in [9.17, 15) is 13.2 Å². The van der Waals surface area contributed by atoms with Crippen molar-refractivity contribution in [3.05, 3.63) is 29.8 Å². The minimum atomic E-state index is -3.37. The number of halogens is 1. The van der Waals surface area contributed by atoms with Crippen LogP contribution in [0.1, 0.15) is 37.7 Å². The fraction of sp³-hybridized carbons (Fsp3) is 0.562. The summed E-state index contributed by atoms with van der Waals surface area (Å²) in [5.41, 5.74) is 6.67. The molecule has 0 aliphatic rings. The molecule has 0 saturated carbocycles. The second kappa shape index (κ2) is 10.5. The third-order valence-corrected chi connectivity index (χ3v) is 5.19. The highest BCUT2D eigenvalue weighted by Gasteiger charge is 2.13. The lowest BCUT2D eigenvalue weighted by Crippen LogP contribution is -2.32. The first-order valence-corrected chi connectivity index (χ1v) is 10.2. The number of unbranched alkanes of at least 4 members (excludes halogenated alkanes) is 4. The number of carboxylic acids is 1. The molecule has 8 heteroatoms. The third-order valence-electron chi connectivity index (χ3n) is 3.55. The van der Waals surface area contributed by atoms with E-state index < -0.39 is 22.0 Å². The van der Waals surface area contributed by atoms with Crippen LogP contribution in [0.25, 0.3) is 0 Å². The molecular formula is C16H25ClN2O4S. The van der Waals surface area contributed by atoms with Crippen molar-refractivity contribution in [1.29, 1.82) is 0 Å². The van der Waals surface area contributed by atoms with Gasteiger partial charge >= 0.3 is 5.97 Å². The molecule has 0 saturated heterocycles. The molecule has 0 heterocycles. The highest BCUT2D eigenvalue weighted by atomic mass is 35.5. The SMILES string of the molecule is NC(Cc1ccc(NS(=O)(=O)CCCCCCCCl)cc1)C(=O)O. The van der Waals surface area contributed by atoms with Crippen molar-refractivity contribution in [2.45, 2.75) is 44.6 Å². The second-order valence-electron chi connectivity index (χ2n) is 5.72. The number of nitrogens with one attached hydrogen (secondary N) is 1. The Hall–Kier alpha value is -1.31. The molecule has 0 bridgehead atoms. The molecule has 4 N–H and O–H groups in total. The lowest BCUT2D eigenvalue weighted by molar-refractivity contribution is -0.138. The summed E-state index contributed by atoms with van der Waals surface area (Å²) >= 11 is 5.59. The van der Waals surface area contributed by atoms with E-state index in [1.54, 1.807) is 24.3 Å². The van der Waals surface area contributed by atoms with Gasteiger partial charge in [0.05, 0.1) is 5.75 Å². The Morgan fingerprint density at radius 3 is 2.29 bits per heavy atom. The first kappa shape index (κ1) is 20.7. The fourth-order valence-electron chi connectivity index (χ4n) is 2.20. The van der Waals surface area contributed by atoms with Crippen LogP contribution < -0.4 is 10.5 Å². The van der Waals surface area contributed by atoms with Gasteiger partial charge in [0.15, 0.2) is 0 Å². The molecular weight excluding hydrogens is 352 g/mol. The Morgan fingerprint density at radius 2 is 1.71 bits per heavy atom. The Bertz CT molecular complexity index is 605. The molecule has 1 aromatic carbocycles. The van der Waals surface area contributed by atoms with Gasteiger partial charge in [0, 0.05) is 11.6 Å². The van der Waals surface area contributed by atoms with Gasteiger partial charge in [-0.15, -0.1) is 11.6 Å². The lowest BCUT2D eigenvalue weighted by Gasteiger charge is -2.10. The molecule has 136 valence electrons. The second-order valence-corrected chi connectivity index (χ2v) is 7.94. The van der Waals surface area contributed by atoms with Crippen LogP contribution in [-0.4, -0.2) is 37.2 Å². The van der Waals surface area contributed by atoms with Crippen molar-refractivity contribution in [2.24, 2.45) is 5.73 Å². The van der Waals surface area contributed by atoms with Crippen LogP contribution >= 0.6 is 11.6 Å². The molecule has 6 nitrogen and oxygen atoms in total. The number of benzene rings is 1. The van der Waals surface area contributed by atoms with Crippen LogP contribution in [0.4, 0.5) is 5.69 Å². The Kier molecular flexibility index (Phi) is 9.10. The molecule has 0 radical (unpaired) electrons. The van der Waals surface area contributed by atoms with Crippen molar-refractivity contribution in [3.63, 3.8) is 0 Å². The van der Waals surface area contributed by atoms with E-state index in [2.05, 4.69) is 4.72 Å². The minimum absolute atomic E-state index is 0.0829. The van der Waals surface area contributed by atoms with Crippen molar-refractivity contribution in [2.75, 3.05) is 16.4 Å². The van der Waals surface area contributed by atoms with E-state index >= 15 is 0 Å². The quantitative estimate of drug-likeness (QED) is 0.383. The lowest BCUT2D eigenvalue weighted by atomic mass is 10.1. The molecule has 0 aliphatic heterocycles. The van der Waals surface area contributed by atoms with E-state index in [1.165, 1.54) is 0 Å². The number of carboxylic acid groups (broad SMARTS) is 1. The summed E-state index contributed by atoms with van der Waals surface area (Å²) in [6.07, 6.45) is 4.65. The predicted octanol–water partition coefficient (Wildman–Crippen LogP) is 2.57. The summed E-state index contributed by atoms with van der Waals surface area (Å²) in [5.74, 6) is -0.335. The van der Waals surface area contributed by atoms with Crippen LogP contribution in [0.3, 0.4) is 0 Å². The van der Waals surface area contributed by atoms with Gasteiger partial charge in [-0.1, -0.05) is 31.4 Å². The van der Waals surface area contributed by atoms with Gasteiger partial charge in [0.2, 0.25) is 10.0 Å². The van der Waals surface area contributed by atoms with E-state index in [1.807, 2.05) is 0 Å². The topological polar surface area (TPSA) is 109 Å². The maximum Gasteiger partial charge on any atom is 0.320 e. The van der Waals surface area contributed by atoms with Crippen LogP contribution in [0, 0.1) is 0 Å². The zero-order valence-electron chi connectivity index (χ0n) is 13.6. The zero-order valence-corrected chi connectivity index (χ0v) is 15.2. The van der Waals surface area contributed by atoms with E-state index in [0.717, 1.165) is 31.2 Å². The number of anilines is 1. The summed E-state index contributed by atoms with van der Waals surface area (Å²) in [5, 5.41) is 8.78. The summed E-state index contributed by atoms with van der Waals surface area (Å²) in [6, 6.07) is 5.61. The number of nitrogens with two attached hydrogens (primary N) is 1. The third kappa shape index (κ3) is 8.52. The Labute approximate surface area is 148 Å². The maximum absolute atomic E-state index is 12.0. The number of hydrogen-bond donors (Lipinski definition) is 3. The van der Waals surface area contributed by atoms with E-state index in [0.29, 0.717) is 18.0 Å². The van der Waals surface area contributed by atoms with Gasteiger partial charge in [-0.2, -0.15) is 0 Å². The van der Waals surface area contributed by atoms with Gasteiger partial charge < -0.3 is 10.8 Å². The summed E-state index contributed by atoms with van der Waals surface area (Å²) in [4.78, 5) is 10.7. The molecule has 0 fully saturated rings. The number of alkyl halides is 1. The van der Waals surface area contributed by atoms with Crippen molar-refractivity contribution < 1.29 is 18.3 Å². The van der Waals surface area contributed by atoms with Gasteiger partial charge in [0.25, 0.3) is 0 Å². The standard InChI is InChI=1S/C16H25ClN2O4S/c17-10-4-2-1-3-5-11-24(22,23)19-14-8-6-13(7-9-14)12-15(18)16(20)21/h6-9,15,19H,1-5,10-12,18H2,(H,20,21). The molecule has 0 spiro atoms. The monoisotopic (exact) mass is 376 g/mol. The molecule has 0 amide bonds. The average molecular weight is 377 g/mol. The van der Waals surface area contributed by atoms with Crippen molar-refractivity contribution >= 4 is 33.3 Å². The Balaban J connectivity index is 2.42. The zero-order chi connectivity index (χ0) is 18.0. The van der Waals surface area contributed by atoms with Gasteiger partial charge in [-0.05, 0) is 37.0 Å². The highest BCUT2D eigenvalue weighted by Crippen LogP contribution is 2.14. The largest absolute Gasteiger partial charge is 0.480 e. The average Bonchev–Trinajstić information content (AvgIpc) is 2.52. The highest BCUT2D eigenvalue weighted by molar-refractivity contribution is 7.92. The number of hydrogen-bond acceptors (Lipinski definition) is 4. The fourth-order valence-corrected chi connectivity index (χ4v) is 3.57. The molecule has 0 aliphatic carbocycles. The summed E-state index contributed by atoms with van der Waals surface area (Å²) in [7, 11) is -3.37. The molecule has 1 rings (SSSR count). The predicted molar refractivity (Wildman–Crippen MR) is 97.0 cm³/mol. The number of rotatable bonds is 12. The maximum atomic E-state index is 12.0.